The molecular weight excluding hydrogens is 320 g/mol. The van der Waals surface area contributed by atoms with Gasteiger partial charge in [0.1, 0.15) is 0 Å². The molecule has 0 spiro atoms. The van der Waals surface area contributed by atoms with E-state index in [1.54, 1.807) is 18.4 Å². The minimum absolute atomic E-state index is 0.368. The number of hydrogen-bond acceptors (Lipinski definition) is 5. The van der Waals surface area contributed by atoms with Crippen molar-refractivity contribution in [2.24, 2.45) is 0 Å². The van der Waals surface area contributed by atoms with Crippen molar-refractivity contribution in [1.82, 2.24) is 5.32 Å². The Labute approximate surface area is 148 Å². The van der Waals surface area contributed by atoms with Gasteiger partial charge in [0.15, 0.2) is 11.5 Å². The number of rotatable bonds is 10. The highest BCUT2D eigenvalue weighted by molar-refractivity contribution is 7.10. The maximum absolute atomic E-state index is 8.59. The molecule has 24 heavy (non-hydrogen) atoms. The third-order valence-electron chi connectivity index (χ3n) is 3.77. The summed E-state index contributed by atoms with van der Waals surface area (Å²) in [6.07, 6.45) is 2.27. The van der Waals surface area contributed by atoms with Gasteiger partial charge in [-0.15, -0.1) is 11.3 Å². The van der Waals surface area contributed by atoms with Crippen LogP contribution in [0.3, 0.4) is 0 Å². The molecule has 4 nitrogen and oxygen atoms in total. The van der Waals surface area contributed by atoms with E-state index in [9.17, 15) is 0 Å². The summed E-state index contributed by atoms with van der Waals surface area (Å²) in [6.45, 7) is 3.48. The van der Waals surface area contributed by atoms with Crippen LogP contribution in [0.25, 0.3) is 0 Å². The van der Waals surface area contributed by atoms with Crippen LogP contribution in [0.5, 0.6) is 11.5 Å². The van der Waals surface area contributed by atoms with Gasteiger partial charge in [0.2, 0.25) is 0 Å². The average molecular weight is 344 g/mol. The van der Waals surface area contributed by atoms with E-state index in [4.69, 9.17) is 14.7 Å². The number of ether oxygens (including phenoxy) is 2. The van der Waals surface area contributed by atoms with E-state index in [2.05, 4.69) is 41.9 Å². The fourth-order valence-corrected chi connectivity index (χ4v) is 3.34. The minimum atomic E-state index is 0.368. The van der Waals surface area contributed by atoms with Crippen LogP contribution < -0.4 is 14.8 Å². The number of methoxy groups -OCH3 is 1. The van der Waals surface area contributed by atoms with E-state index >= 15 is 0 Å². The van der Waals surface area contributed by atoms with Crippen molar-refractivity contribution in [3.63, 3.8) is 0 Å². The van der Waals surface area contributed by atoms with E-state index in [0.717, 1.165) is 36.4 Å². The second-order valence-corrected chi connectivity index (χ2v) is 6.43. The summed E-state index contributed by atoms with van der Waals surface area (Å²) >= 11 is 1.78. The maximum Gasteiger partial charge on any atom is 0.161 e. The first-order chi connectivity index (χ1) is 11.8. The fraction of sp³-hybridized carbons (Fsp3) is 0.421. The lowest BCUT2D eigenvalue weighted by Crippen LogP contribution is -2.19. The molecule has 0 aliphatic carbocycles. The molecule has 0 amide bonds. The molecule has 0 bridgehead atoms. The summed E-state index contributed by atoms with van der Waals surface area (Å²) in [4.78, 5) is 1.36. The van der Waals surface area contributed by atoms with Gasteiger partial charge in [-0.05, 0) is 42.0 Å². The SMILES string of the molecule is CCC(NCc1ccc(OC)c(OCCCC#N)c1)c1cccs1. The Kier molecular flexibility index (Phi) is 7.60. The number of nitrogens with one attached hydrogen (secondary N) is 1. The first-order valence-corrected chi connectivity index (χ1v) is 9.09. The van der Waals surface area contributed by atoms with Gasteiger partial charge in [-0.3, -0.25) is 0 Å². The van der Waals surface area contributed by atoms with Crippen molar-refractivity contribution in [2.75, 3.05) is 13.7 Å². The van der Waals surface area contributed by atoms with Gasteiger partial charge in [-0.2, -0.15) is 5.26 Å². The molecule has 128 valence electrons. The van der Waals surface area contributed by atoms with Gasteiger partial charge < -0.3 is 14.8 Å². The summed E-state index contributed by atoms with van der Waals surface area (Å²) in [5.41, 5.74) is 1.15. The molecule has 1 atom stereocenters. The van der Waals surface area contributed by atoms with Crippen LogP contribution >= 0.6 is 11.3 Å². The van der Waals surface area contributed by atoms with Gasteiger partial charge in [-0.25, -0.2) is 0 Å². The molecule has 0 saturated carbocycles. The van der Waals surface area contributed by atoms with Gasteiger partial charge >= 0.3 is 0 Å². The number of nitrogens with zero attached hydrogens (tertiary/aromatic N) is 1. The second kappa shape index (κ2) is 9.96. The summed E-state index contributed by atoms with van der Waals surface area (Å²) < 4.78 is 11.1. The predicted octanol–water partition coefficient (Wildman–Crippen LogP) is 4.68. The largest absolute Gasteiger partial charge is 0.493 e. The van der Waals surface area contributed by atoms with Gasteiger partial charge in [0.05, 0.1) is 19.8 Å². The van der Waals surface area contributed by atoms with Crippen molar-refractivity contribution in [3.05, 3.63) is 46.2 Å². The topological polar surface area (TPSA) is 54.3 Å². The van der Waals surface area contributed by atoms with Gasteiger partial charge in [0, 0.05) is 23.9 Å². The zero-order valence-electron chi connectivity index (χ0n) is 14.2. The average Bonchev–Trinajstić information content (AvgIpc) is 3.14. The molecule has 2 rings (SSSR count). The number of nitriles is 1. The highest BCUT2D eigenvalue weighted by Gasteiger charge is 2.11. The fourth-order valence-electron chi connectivity index (χ4n) is 2.45. The molecule has 1 unspecified atom stereocenters. The van der Waals surface area contributed by atoms with E-state index < -0.39 is 0 Å². The molecule has 2 aromatic rings. The number of hydrogen-bond donors (Lipinski definition) is 1. The lowest BCUT2D eigenvalue weighted by Gasteiger charge is -2.17. The second-order valence-electron chi connectivity index (χ2n) is 5.45. The normalized spacial score (nSPS) is 11.7. The molecule has 0 fully saturated rings. The Morgan fingerprint density at radius 3 is 2.83 bits per heavy atom. The Morgan fingerprint density at radius 1 is 1.29 bits per heavy atom. The van der Waals surface area contributed by atoms with Crippen LogP contribution in [-0.4, -0.2) is 13.7 Å². The summed E-state index contributed by atoms with van der Waals surface area (Å²) in [5.74, 6) is 1.46. The van der Waals surface area contributed by atoms with Crippen LogP contribution in [0, 0.1) is 11.3 Å². The Hall–Kier alpha value is -2.03. The van der Waals surface area contributed by atoms with Crippen LogP contribution in [-0.2, 0) is 6.54 Å². The van der Waals surface area contributed by atoms with Crippen LogP contribution in [0.1, 0.15) is 42.7 Å². The summed E-state index contributed by atoms with van der Waals surface area (Å²) in [5, 5.41) is 14.3. The number of thiophene rings is 1. The molecule has 5 heteroatoms. The minimum Gasteiger partial charge on any atom is -0.493 e. The van der Waals surface area contributed by atoms with Crippen molar-refractivity contribution >= 4 is 11.3 Å². The first-order valence-electron chi connectivity index (χ1n) is 8.22. The zero-order chi connectivity index (χ0) is 17.2. The Bertz CT molecular complexity index is 650. The molecular formula is C19H24N2O2S. The third kappa shape index (κ3) is 5.26. The molecule has 0 aliphatic heterocycles. The highest BCUT2D eigenvalue weighted by Crippen LogP contribution is 2.29. The Balaban J connectivity index is 1.98. The monoisotopic (exact) mass is 344 g/mol. The maximum atomic E-state index is 8.59. The number of benzene rings is 1. The molecule has 1 aromatic heterocycles. The van der Waals surface area contributed by atoms with Crippen molar-refractivity contribution < 1.29 is 9.47 Å². The zero-order valence-corrected chi connectivity index (χ0v) is 15.1. The molecule has 1 aromatic carbocycles. The van der Waals surface area contributed by atoms with Gasteiger partial charge in [-0.1, -0.05) is 19.1 Å². The number of unbranched alkanes of at least 4 members (excludes halogenated alkanes) is 1. The third-order valence-corrected chi connectivity index (χ3v) is 4.75. The van der Waals surface area contributed by atoms with Crippen molar-refractivity contribution in [1.29, 1.82) is 5.26 Å². The molecule has 0 saturated heterocycles. The van der Waals surface area contributed by atoms with Crippen LogP contribution in [0.2, 0.25) is 0 Å². The van der Waals surface area contributed by atoms with Crippen molar-refractivity contribution in [2.45, 2.75) is 38.8 Å². The summed E-state index contributed by atoms with van der Waals surface area (Å²) in [6, 6.07) is 12.7. The molecule has 1 heterocycles. The van der Waals surface area contributed by atoms with Crippen molar-refractivity contribution in [3.8, 4) is 17.6 Å². The lowest BCUT2D eigenvalue weighted by atomic mass is 10.1. The van der Waals surface area contributed by atoms with E-state index in [1.807, 2.05) is 12.1 Å². The first kappa shape index (κ1) is 18.3. The lowest BCUT2D eigenvalue weighted by molar-refractivity contribution is 0.290. The quantitative estimate of drug-likeness (QED) is 0.636. The summed E-state index contributed by atoms with van der Waals surface area (Å²) in [7, 11) is 1.64. The van der Waals surface area contributed by atoms with E-state index in [-0.39, 0.29) is 0 Å². The van der Waals surface area contributed by atoms with Crippen LogP contribution in [0.4, 0.5) is 0 Å². The van der Waals surface area contributed by atoms with E-state index in [0.29, 0.717) is 19.1 Å². The molecule has 1 N–H and O–H groups in total. The Morgan fingerprint density at radius 2 is 2.17 bits per heavy atom. The van der Waals surface area contributed by atoms with Crippen LogP contribution in [0.15, 0.2) is 35.7 Å². The molecule has 0 aliphatic rings. The van der Waals surface area contributed by atoms with E-state index in [1.165, 1.54) is 4.88 Å². The molecule has 0 radical (unpaired) electrons. The standard InChI is InChI=1S/C19H24N2O2S/c1-3-16(19-7-6-12-24-19)21-14-15-8-9-17(22-2)18(13-15)23-11-5-4-10-20/h6-9,12-13,16,21H,3-5,11,14H2,1-2H3. The predicted molar refractivity (Wildman–Crippen MR) is 97.5 cm³/mol. The van der Waals surface area contributed by atoms with Gasteiger partial charge in [0.25, 0.3) is 0 Å². The smallest absolute Gasteiger partial charge is 0.161 e. The highest BCUT2D eigenvalue weighted by atomic mass is 32.1.